The molecule has 4 N–H and O–H groups in total. The van der Waals surface area contributed by atoms with Gasteiger partial charge in [-0.15, -0.1) is 0 Å². The maximum absolute atomic E-state index is 11.8. The highest BCUT2D eigenvalue weighted by Crippen LogP contribution is 2.11. The van der Waals surface area contributed by atoms with Gasteiger partial charge >= 0.3 is 0 Å². The van der Waals surface area contributed by atoms with Crippen molar-refractivity contribution in [1.82, 2.24) is 10.2 Å². The van der Waals surface area contributed by atoms with Gasteiger partial charge in [-0.1, -0.05) is 25.4 Å². The van der Waals surface area contributed by atoms with E-state index >= 15 is 0 Å². The Bertz CT molecular complexity index is 312. The number of piperidine rings is 1. The van der Waals surface area contributed by atoms with Crippen molar-refractivity contribution in [2.24, 2.45) is 16.8 Å². The van der Waals surface area contributed by atoms with Crippen molar-refractivity contribution in [3.05, 3.63) is 0 Å². The van der Waals surface area contributed by atoms with Gasteiger partial charge in [0, 0.05) is 25.6 Å². The molecule has 1 saturated heterocycles. The first-order valence-electron chi connectivity index (χ1n) is 7.03. The maximum Gasteiger partial charge on any atom is 0.220 e. The average Bonchev–Trinajstić information content (AvgIpc) is 2.40. The Kier molecular flexibility index (Phi) is 6.62. The number of likely N-dealkylation sites (tertiary alicyclic amines) is 1. The van der Waals surface area contributed by atoms with Crippen LogP contribution in [-0.4, -0.2) is 47.5 Å². The van der Waals surface area contributed by atoms with Gasteiger partial charge in [0.1, 0.15) is 0 Å². The molecule has 0 aliphatic carbocycles. The van der Waals surface area contributed by atoms with Crippen LogP contribution in [0.4, 0.5) is 0 Å². The van der Waals surface area contributed by atoms with Crippen LogP contribution in [0, 0.1) is 5.92 Å². The van der Waals surface area contributed by atoms with Gasteiger partial charge in [-0.05, 0) is 18.8 Å². The fourth-order valence-corrected chi connectivity index (χ4v) is 2.24. The SMILES string of the molecule is CCC(C)CC(=O)NC1CCN(CC(N)=NO)CC1. The lowest BCUT2D eigenvalue weighted by Crippen LogP contribution is -2.46. The van der Waals surface area contributed by atoms with Crippen LogP contribution in [0.5, 0.6) is 0 Å². The zero-order valence-electron chi connectivity index (χ0n) is 11.9. The van der Waals surface area contributed by atoms with Crippen LogP contribution >= 0.6 is 0 Å². The van der Waals surface area contributed by atoms with Crippen LogP contribution in [0.15, 0.2) is 5.16 Å². The van der Waals surface area contributed by atoms with Gasteiger partial charge in [-0.2, -0.15) is 0 Å². The van der Waals surface area contributed by atoms with Crippen LogP contribution in [0.1, 0.15) is 39.5 Å². The fraction of sp³-hybridized carbons (Fsp3) is 0.846. The zero-order valence-corrected chi connectivity index (χ0v) is 11.9. The fourth-order valence-electron chi connectivity index (χ4n) is 2.24. The summed E-state index contributed by atoms with van der Waals surface area (Å²) in [6.45, 7) is 6.42. The highest BCUT2D eigenvalue weighted by molar-refractivity contribution is 5.81. The molecule has 6 nitrogen and oxygen atoms in total. The van der Waals surface area contributed by atoms with E-state index in [1.165, 1.54) is 0 Å². The number of oxime groups is 1. The summed E-state index contributed by atoms with van der Waals surface area (Å²) >= 11 is 0. The molecule has 1 rings (SSSR count). The molecule has 1 unspecified atom stereocenters. The van der Waals surface area contributed by atoms with E-state index in [0.717, 1.165) is 32.4 Å². The molecule has 0 spiro atoms. The molecule has 0 aromatic carbocycles. The normalized spacial score (nSPS) is 20.2. The van der Waals surface area contributed by atoms with Crippen molar-refractivity contribution in [2.75, 3.05) is 19.6 Å². The molecule has 0 aromatic rings. The second-order valence-electron chi connectivity index (χ2n) is 5.43. The lowest BCUT2D eigenvalue weighted by atomic mass is 10.0. The van der Waals surface area contributed by atoms with Crippen molar-refractivity contribution in [1.29, 1.82) is 0 Å². The number of hydrogen-bond acceptors (Lipinski definition) is 4. The van der Waals surface area contributed by atoms with Crippen molar-refractivity contribution in [3.8, 4) is 0 Å². The van der Waals surface area contributed by atoms with E-state index in [0.29, 0.717) is 18.9 Å². The monoisotopic (exact) mass is 270 g/mol. The summed E-state index contributed by atoms with van der Waals surface area (Å²) in [6.07, 6.45) is 3.49. The predicted octanol–water partition coefficient (Wildman–Crippen LogP) is 0.750. The van der Waals surface area contributed by atoms with E-state index in [1.54, 1.807) is 0 Å². The molecule has 110 valence electrons. The summed E-state index contributed by atoms with van der Waals surface area (Å²) in [5, 5.41) is 14.6. The summed E-state index contributed by atoms with van der Waals surface area (Å²) in [5.74, 6) is 0.837. The van der Waals surface area contributed by atoms with Gasteiger partial charge in [0.2, 0.25) is 5.91 Å². The summed E-state index contributed by atoms with van der Waals surface area (Å²) in [7, 11) is 0. The maximum atomic E-state index is 11.8. The summed E-state index contributed by atoms with van der Waals surface area (Å²) in [5.41, 5.74) is 5.48. The van der Waals surface area contributed by atoms with Gasteiger partial charge in [-0.3, -0.25) is 9.69 Å². The molecular formula is C13H26N4O2. The van der Waals surface area contributed by atoms with Gasteiger partial charge < -0.3 is 16.3 Å². The number of carbonyl (C=O) groups excluding carboxylic acids is 1. The highest BCUT2D eigenvalue weighted by Gasteiger charge is 2.21. The largest absolute Gasteiger partial charge is 0.409 e. The number of hydrogen-bond donors (Lipinski definition) is 3. The van der Waals surface area contributed by atoms with E-state index in [1.807, 2.05) is 0 Å². The first-order chi connectivity index (χ1) is 9.05. The molecule has 0 saturated carbocycles. The smallest absolute Gasteiger partial charge is 0.220 e. The first-order valence-corrected chi connectivity index (χ1v) is 7.03. The van der Waals surface area contributed by atoms with Crippen molar-refractivity contribution < 1.29 is 10.0 Å². The third-order valence-corrected chi connectivity index (χ3v) is 3.70. The minimum atomic E-state index is 0.157. The Morgan fingerprint density at radius 1 is 1.53 bits per heavy atom. The molecule has 1 aliphatic heterocycles. The predicted molar refractivity (Wildman–Crippen MR) is 75.1 cm³/mol. The third-order valence-electron chi connectivity index (χ3n) is 3.70. The second-order valence-corrected chi connectivity index (χ2v) is 5.43. The topological polar surface area (TPSA) is 91.0 Å². The minimum Gasteiger partial charge on any atom is -0.409 e. The van der Waals surface area contributed by atoms with Crippen molar-refractivity contribution in [3.63, 3.8) is 0 Å². The molecule has 1 fully saturated rings. The molecule has 1 amide bonds. The van der Waals surface area contributed by atoms with E-state index in [2.05, 4.69) is 29.2 Å². The Morgan fingerprint density at radius 3 is 2.68 bits per heavy atom. The summed E-state index contributed by atoms with van der Waals surface area (Å²) < 4.78 is 0. The lowest BCUT2D eigenvalue weighted by molar-refractivity contribution is -0.122. The quantitative estimate of drug-likeness (QED) is 0.287. The molecule has 0 aromatic heterocycles. The lowest BCUT2D eigenvalue weighted by Gasteiger charge is -2.32. The summed E-state index contributed by atoms with van der Waals surface area (Å²) in [6, 6.07) is 0.264. The highest BCUT2D eigenvalue weighted by atomic mass is 16.4. The van der Waals surface area contributed by atoms with Crippen LogP contribution in [0.3, 0.4) is 0 Å². The van der Waals surface area contributed by atoms with Gasteiger partial charge in [0.25, 0.3) is 0 Å². The number of nitrogens with two attached hydrogens (primary N) is 1. The Balaban J connectivity index is 2.24. The Labute approximate surface area is 115 Å². The van der Waals surface area contributed by atoms with Crippen LogP contribution in [0.2, 0.25) is 0 Å². The third kappa shape index (κ3) is 5.92. The Morgan fingerprint density at radius 2 is 2.16 bits per heavy atom. The molecule has 0 bridgehead atoms. The number of nitrogens with one attached hydrogen (secondary N) is 1. The number of amides is 1. The molecule has 0 radical (unpaired) electrons. The van der Waals surface area contributed by atoms with Gasteiger partial charge in [-0.25, -0.2) is 0 Å². The minimum absolute atomic E-state index is 0.157. The average molecular weight is 270 g/mol. The van der Waals surface area contributed by atoms with Crippen LogP contribution in [-0.2, 0) is 4.79 Å². The number of amidine groups is 1. The number of carbonyl (C=O) groups is 1. The number of rotatable bonds is 6. The zero-order chi connectivity index (χ0) is 14.3. The summed E-state index contributed by atoms with van der Waals surface area (Å²) in [4.78, 5) is 13.9. The standard InChI is InChI=1S/C13H26N4O2/c1-3-10(2)8-13(18)15-11-4-6-17(7-5-11)9-12(14)16-19/h10-11,19H,3-9H2,1-2H3,(H2,14,16)(H,15,18). The second kappa shape index (κ2) is 7.99. The van der Waals surface area contributed by atoms with Gasteiger partial charge in [0.15, 0.2) is 5.84 Å². The van der Waals surface area contributed by atoms with Crippen molar-refractivity contribution in [2.45, 2.75) is 45.6 Å². The molecule has 6 heteroatoms. The van der Waals surface area contributed by atoms with Crippen LogP contribution < -0.4 is 11.1 Å². The number of nitrogens with zero attached hydrogens (tertiary/aromatic N) is 2. The van der Waals surface area contributed by atoms with E-state index in [9.17, 15) is 4.79 Å². The van der Waals surface area contributed by atoms with Crippen molar-refractivity contribution >= 4 is 11.7 Å². The molecule has 19 heavy (non-hydrogen) atoms. The van der Waals surface area contributed by atoms with E-state index in [4.69, 9.17) is 10.9 Å². The first kappa shape index (κ1) is 15.8. The van der Waals surface area contributed by atoms with Crippen LogP contribution in [0.25, 0.3) is 0 Å². The molecule has 1 aliphatic rings. The molecule has 1 heterocycles. The molecular weight excluding hydrogens is 244 g/mol. The molecule has 1 atom stereocenters. The van der Waals surface area contributed by atoms with Gasteiger partial charge in [0.05, 0.1) is 6.54 Å². The van der Waals surface area contributed by atoms with E-state index in [-0.39, 0.29) is 17.8 Å². The Hall–Kier alpha value is -1.30. The van der Waals surface area contributed by atoms with E-state index < -0.39 is 0 Å².